The topological polar surface area (TPSA) is 41.9 Å². The van der Waals surface area contributed by atoms with Gasteiger partial charge >= 0.3 is 0 Å². The highest BCUT2D eigenvalue weighted by Crippen LogP contribution is 2.36. The fourth-order valence-electron chi connectivity index (χ4n) is 3.19. The third-order valence-electron chi connectivity index (χ3n) is 4.40. The van der Waals surface area contributed by atoms with Gasteiger partial charge < -0.3 is 9.64 Å². The Kier molecular flexibility index (Phi) is 3.58. The number of ether oxygens (including phenoxy) is 1. The van der Waals surface area contributed by atoms with Crippen LogP contribution in [-0.2, 0) is 6.61 Å². The van der Waals surface area contributed by atoms with Crippen LogP contribution in [0, 0.1) is 0 Å². The molecule has 0 aromatic heterocycles. The number of carbonyl (C=O) groups excluding carboxylic acids is 1. The highest BCUT2D eigenvalue weighted by molar-refractivity contribution is 6.03. The van der Waals surface area contributed by atoms with Crippen LogP contribution in [0.25, 0.3) is 0 Å². The average Bonchev–Trinajstić information content (AvgIpc) is 3.02. The van der Waals surface area contributed by atoms with Crippen molar-refractivity contribution in [2.75, 3.05) is 6.54 Å². The molecule has 2 aliphatic heterocycles. The van der Waals surface area contributed by atoms with Gasteiger partial charge in [-0.3, -0.25) is 9.79 Å². The quantitative estimate of drug-likeness (QED) is 0.869. The van der Waals surface area contributed by atoms with Crippen LogP contribution in [0.15, 0.2) is 53.5 Å². The molecule has 0 radical (unpaired) electrons. The number of rotatable bonds is 3. The highest BCUT2D eigenvalue weighted by Gasteiger charge is 2.32. The molecule has 1 fully saturated rings. The number of para-hydroxylation sites is 1. The van der Waals surface area contributed by atoms with E-state index in [9.17, 15) is 4.79 Å². The first kappa shape index (κ1) is 14.0. The maximum atomic E-state index is 12.7. The number of hydrogen-bond acceptors (Lipinski definition) is 3. The molecule has 4 nitrogen and oxygen atoms in total. The lowest BCUT2D eigenvalue weighted by molar-refractivity contribution is 0.0774. The van der Waals surface area contributed by atoms with Crippen LogP contribution in [-0.4, -0.2) is 29.6 Å². The summed E-state index contributed by atoms with van der Waals surface area (Å²) in [6, 6.07) is 15.7. The van der Waals surface area contributed by atoms with Gasteiger partial charge in [0.05, 0.1) is 11.6 Å². The van der Waals surface area contributed by atoms with Gasteiger partial charge in [-0.1, -0.05) is 36.4 Å². The SMILES string of the molecule is O=C1c2cccc(OCc3ccccc3)c2N=C[C@@H]2CCCN12. The third kappa shape index (κ3) is 2.61. The van der Waals surface area contributed by atoms with Crippen LogP contribution >= 0.6 is 0 Å². The first-order chi connectivity index (χ1) is 11.3. The van der Waals surface area contributed by atoms with Gasteiger partial charge in [0.15, 0.2) is 0 Å². The van der Waals surface area contributed by atoms with E-state index in [2.05, 4.69) is 4.99 Å². The Labute approximate surface area is 135 Å². The van der Waals surface area contributed by atoms with Crippen LogP contribution in [0.5, 0.6) is 5.75 Å². The predicted octanol–water partition coefficient (Wildman–Crippen LogP) is 3.59. The van der Waals surface area contributed by atoms with Crippen LogP contribution in [0.1, 0.15) is 28.8 Å². The molecule has 23 heavy (non-hydrogen) atoms. The zero-order valence-electron chi connectivity index (χ0n) is 12.8. The summed E-state index contributed by atoms with van der Waals surface area (Å²) in [5.41, 5.74) is 2.38. The zero-order valence-corrected chi connectivity index (χ0v) is 12.8. The Morgan fingerprint density at radius 2 is 2.00 bits per heavy atom. The normalized spacial score (nSPS) is 19.2. The van der Waals surface area contributed by atoms with Crippen molar-refractivity contribution >= 4 is 17.8 Å². The summed E-state index contributed by atoms with van der Waals surface area (Å²) < 4.78 is 5.93. The number of hydrogen-bond donors (Lipinski definition) is 0. The molecule has 0 aliphatic carbocycles. The van der Waals surface area contributed by atoms with Crippen molar-refractivity contribution < 1.29 is 9.53 Å². The molecule has 0 bridgehead atoms. The van der Waals surface area contributed by atoms with E-state index in [1.807, 2.05) is 59.6 Å². The standard InChI is InChI=1S/C19H18N2O2/c22-19-16-9-4-10-17(23-13-14-6-2-1-3-7-14)18(16)20-12-15-8-5-11-21(15)19/h1-4,6-7,9-10,12,15H,5,8,11,13H2/t15-/m0/s1. The molecule has 1 amide bonds. The van der Waals surface area contributed by atoms with E-state index in [1.165, 1.54) is 0 Å². The summed E-state index contributed by atoms with van der Waals surface area (Å²) in [5, 5.41) is 0. The van der Waals surface area contributed by atoms with Gasteiger partial charge in [-0.05, 0) is 30.5 Å². The second-order valence-corrected chi connectivity index (χ2v) is 5.91. The molecule has 0 N–H and O–H groups in total. The molecule has 2 aromatic rings. The smallest absolute Gasteiger partial charge is 0.256 e. The Bertz CT molecular complexity index is 755. The maximum Gasteiger partial charge on any atom is 0.256 e. The Hall–Kier alpha value is -2.62. The molecular formula is C19H18N2O2. The third-order valence-corrected chi connectivity index (χ3v) is 4.40. The van der Waals surface area contributed by atoms with Gasteiger partial charge in [-0.15, -0.1) is 0 Å². The minimum atomic E-state index is 0.0603. The Morgan fingerprint density at radius 3 is 2.87 bits per heavy atom. The van der Waals surface area contributed by atoms with Gasteiger partial charge in [0.1, 0.15) is 18.0 Å². The molecule has 1 saturated heterocycles. The van der Waals surface area contributed by atoms with E-state index in [4.69, 9.17) is 4.74 Å². The van der Waals surface area contributed by atoms with Crippen LogP contribution in [0.3, 0.4) is 0 Å². The molecular weight excluding hydrogens is 288 g/mol. The Balaban J connectivity index is 1.64. The largest absolute Gasteiger partial charge is 0.487 e. The predicted molar refractivity (Wildman–Crippen MR) is 89.4 cm³/mol. The number of benzene rings is 2. The molecule has 1 atom stereocenters. The highest BCUT2D eigenvalue weighted by atomic mass is 16.5. The van der Waals surface area contributed by atoms with Crippen molar-refractivity contribution in [2.45, 2.75) is 25.5 Å². The van der Waals surface area contributed by atoms with E-state index in [-0.39, 0.29) is 11.9 Å². The summed E-state index contributed by atoms with van der Waals surface area (Å²) in [7, 11) is 0. The van der Waals surface area contributed by atoms with Crippen molar-refractivity contribution in [1.29, 1.82) is 0 Å². The lowest BCUT2D eigenvalue weighted by atomic mass is 10.1. The second kappa shape index (κ2) is 5.88. The number of aliphatic imine (C=N–C) groups is 1. The average molecular weight is 306 g/mol. The number of nitrogens with zero attached hydrogens (tertiary/aromatic N) is 2. The lowest BCUT2D eigenvalue weighted by Crippen LogP contribution is -2.35. The molecule has 0 unspecified atom stereocenters. The number of fused-ring (bicyclic) bond motifs is 2. The van der Waals surface area contributed by atoms with Gasteiger partial charge in [0.25, 0.3) is 5.91 Å². The van der Waals surface area contributed by atoms with E-state index < -0.39 is 0 Å². The molecule has 2 aromatic carbocycles. The maximum absolute atomic E-state index is 12.7. The van der Waals surface area contributed by atoms with Crippen molar-refractivity contribution in [3.63, 3.8) is 0 Å². The van der Waals surface area contributed by atoms with Crippen molar-refractivity contribution in [2.24, 2.45) is 4.99 Å². The van der Waals surface area contributed by atoms with Gasteiger partial charge in [0, 0.05) is 12.8 Å². The van der Waals surface area contributed by atoms with Crippen LogP contribution in [0.4, 0.5) is 5.69 Å². The second-order valence-electron chi connectivity index (χ2n) is 5.91. The van der Waals surface area contributed by atoms with Crippen molar-refractivity contribution in [3.05, 3.63) is 59.7 Å². The first-order valence-corrected chi connectivity index (χ1v) is 7.98. The molecule has 2 heterocycles. The number of carbonyl (C=O) groups is 1. The number of amides is 1. The first-order valence-electron chi connectivity index (χ1n) is 7.98. The molecule has 2 aliphatic rings. The monoisotopic (exact) mass is 306 g/mol. The van der Waals surface area contributed by atoms with E-state index in [0.717, 1.165) is 24.9 Å². The molecule has 4 rings (SSSR count). The van der Waals surface area contributed by atoms with Crippen molar-refractivity contribution in [3.8, 4) is 5.75 Å². The van der Waals surface area contributed by atoms with Crippen LogP contribution < -0.4 is 4.74 Å². The fraction of sp³-hybridized carbons (Fsp3) is 0.263. The summed E-state index contributed by atoms with van der Waals surface area (Å²) in [6.45, 7) is 1.28. The van der Waals surface area contributed by atoms with Gasteiger partial charge in [0.2, 0.25) is 0 Å². The van der Waals surface area contributed by atoms with E-state index in [0.29, 0.717) is 23.6 Å². The minimum Gasteiger partial charge on any atom is -0.487 e. The zero-order chi connectivity index (χ0) is 15.6. The van der Waals surface area contributed by atoms with Crippen molar-refractivity contribution in [1.82, 2.24) is 4.90 Å². The molecule has 116 valence electrons. The van der Waals surface area contributed by atoms with E-state index in [1.54, 1.807) is 0 Å². The molecule has 0 spiro atoms. The lowest BCUT2D eigenvalue weighted by Gasteiger charge is -2.20. The molecule has 0 saturated carbocycles. The van der Waals surface area contributed by atoms with Gasteiger partial charge in [-0.25, -0.2) is 0 Å². The summed E-state index contributed by atoms with van der Waals surface area (Å²) in [4.78, 5) is 19.2. The van der Waals surface area contributed by atoms with Gasteiger partial charge in [-0.2, -0.15) is 0 Å². The summed E-state index contributed by atoms with van der Waals surface area (Å²) >= 11 is 0. The Morgan fingerprint density at radius 1 is 1.13 bits per heavy atom. The minimum absolute atomic E-state index is 0.0603. The van der Waals surface area contributed by atoms with E-state index >= 15 is 0 Å². The summed E-state index contributed by atoms with van der Waals surface area (Å²) in [5.74, 6) is 0.724. The summed E-state index contributed by atoms with van der Waals surface area (Å²) in [6.07, 6.45) is 3.93. The fourth-order valence-corrected chi connectivity index (χ4v) is 3.19. The van der Waals surface area contributed by atoms with Crippen LogP contribution in [0.2, 0.25) is 0 Å². The molecule has 4 heteroatoms.